The molecule has 2 aliphatic rings. The molecule has 0 bridgehead atoms. The van der Waals surface area contributed by atoms with Crippen molar-refractivity contribution >= 4 is 37.4 Å². The van der Waals surface area contributed by atoms with Gasteiger partial charge in [0.25, 0.3) is 6.47 Å². The zero-order valence-corrected chi connectivity index (χ0v) is 34.5. The normalized spacial score (nSPS) is 10.5. The fourth-order valence-electron chi connectivity index (χ4n) is 5.58. The van der Waals surface area contributed by atoms with Gasteiger partial charge in [-0.15, -0.1) is 12.4 Å². The van der Waals surface area contributed by atoms with Gasteiger partial charge in [-0.25, -0.2) is 9.59 Å². The number of hydrogen-bond donors (Lipinski definition) is 5. The Balaban J connectivity index is -0.000000372. The molecule has 0 spiro atoms. The number of carbonyl (C=O) groups is 4. The van der Waals surface area contributed by atoms with Crippen molar-refractivity contribution in [3.05, 3.63) is 119 Å². The number of nitrogens with two attached hydrogens (primary N) is 1. The van der Waals surface area contributed by atoms with Crippen LogP contribution < -0.4 is 80.7 Å². The number of carbonyl (C=O) groups excluding carboxylic acids is 4. The standard InChI is InChI=1S/C17H17NO3.C17H15NO3.C2H7NO.CH2O3.2CH4.ClH.2Na.H/c2*19-10-9-18-17(20)21-11-16-14-7-3-1-5-12(14)13-6-2-4-8-15(13)16;3-1-2-4;2-1-4-3;;;;;;/h1-8,16,19H,9-11H2,(H,18,20);1-8,10,16H,9,11H2,(H,18,20);4H,1-3H2;1,3H;2*1H4;1H;;;/q;;;;;;;2*+1;-1/p-1. The average molecular weight is 802 g/mol. The number of benzene rings is 4. The summed E-state index contributed by atoms with van der Waals surface area (Å²) >= 11 is 0. The topological polar surface area (TPSA) is 210 Å². The number of alkyl carbamates (subject to hydrolysis) is 2. The Morgan fingerprint density at radius 2 is 0.982 bits per heavy atom. The third-order valence-corrected chi connectivity index (χ3v) is 7.57. The largest absolute Gasteiger partial charge is 1.00 e. The molecule has 55 heavy (non-hydrogen) atoms. The van der Waals surface area contributed by atoms with Gasteiger partial charge in [0.05, 0.1) is 19.8 Å². The van der Waals surface area contributed by atoms with Crippen LogP contribution in [0.4, 0.5) is 9.59 Å². The maximum atomic E-state index is 11.5. The van der Waals surface area contributed by atoms with Crippen LogP contribution in [0, 0.1) is 0 Å². The first-order chi connectivity index (χ1) is 24.4. The molecule has 4 aromatic carbocycles. The predicted molar refractivity (Wildman–Crippen MR) is 204 cm³/mol. The van der Waals surface area contributed by atoms with E-state index in [1.54, 1.807) is 0 Å². The van der Waals surface area contributed by atoms with Crippen molar-refractivity contribution in [1.29, 1.82) is 0 Å². The first-order valence-electron chi connectivity index (χ1n) is 15.7. The maximum absolute atomic E-state index is 11.5. The smallest absolute Gasteiger partial charge is 1.00 e. The number of halogens is 1. The molecule has 16 heteroatoms. The SMILES string of the molecule is C.C.Cl.NCCO.O=C(NCCO)OCC1c2ccccc2-c2ccccc21.O=CCNC(=O)OCC1c2ccccc2-c2ccccc21.O=CO[O-].[H-].[Na+].[Na+]. The summed E-state index contributed by atoms with van der Waals surface area (Å²) in [5, 5.41) is 29.7. The number of ether oxygens (including phenoxy) is 2. The van der Waals surface area contributed by atoms with E-state index in [1.165, 1.54) is 44.5 Å². The van der Waals surface area contributed by atoms with E-state index in [0.717, 1.165) is 0 Å². The molecule has 0 fully saturated rings. The summed E-state index contributed by atoms with van der Waals surface area (Å²) in [7, 11) is 0. The average Bonchev–Trinajstić information content (AvgIpc) is 3.67. The van der Waals surface area contributed by atoms with Gasteiger partial charge in [-0.1, -0.05) is 112 Å². The van der Waals surface area contributed by atoms with Gasteiger partial charge in [0.1, 0.15) is 19.5 Å². The fourth-order valence-corrected chi connectivity index (χ4v) is 5.58. The Morgan fingerprint density at radius 3 is 1.25 bits per heavy atom. The number of hydrogen-bond acceptors (Lipinski definition) is 11. The molecule has 2 amide bonds. The minimum Gasteiger partial charge on any atom is -1.00 e. The molecule has 0 radical (unpaired) electrons. The van der Waals surface area contributed by atoms with Crippen LogP contribution >= 0.6 is 12.4 Å². The van der Waals surface area contributed by atoms with E-state index < -0.39 is 12.2 Å². The van der Waals surface area contributed by atoms with Crippen LogP contribution in [0.1, 0.15) is 50.4 Å². The van der Waals surface area contributed by atoms with Crippen LogP contribution in [0.5, 0.6) is 0 Å². The van der Waals surface area contributed by atoms with E-state index >= 15 is 0 Å². The summed E-state index contributed by atoms with van der Waals surface area (Å²) in [6.07, 6.45) is -0.434. The van der Waals surface area contributed by atoms with Gasteiger partial charge in [-0.3, -0.25) is 4.79 Å². The van der Waals surface area contributed by atoms with Crippen molar-refractivity contribution in [1.82, 2.24) is 10.6 Å². The Morgan fingerprint density at radius 1 is 0.673 bits per heavy atom. The van der Waals surface area contributed by atoms with Crippen molar-refractivity contribution in [2.45, 2.75) is 26.7 Å². The first-order valence-corrected chi connectivity index (χ1v) is 15.7. The Kier molecular flexibility index (Phi) is 32.4. The Bertz CT molecular complexity index is 1620. The third kappa shape index (κ3) is 16.8. The van der Waals surface area contributed by atoms with Crippen molar-refractivity contribution < 1.29 is 110 Å². The molecule has 2 aliphatic carbocycles. The summed E-state index contributed by atoms with van der Waals surface area (Å²) in [6.45, 7) is 0.932. The second kappa shape index (κ2) is 31.8. The van der Waals surface area contributed by atoms with E-state index in [-0.39, 0.29) is 139 Å². The monoisotopic (exact) mass is 801 g/mol. The molecule has 13 nitrogen and oxygen atoms in total. The number of aldehydes is 1. The van der Waals surface area contributed by atoms with Crippen LogP contribution in [0.25, 0.3) is 22.3 Å². The van der Waals surface area contributed by atoms with Gasteiger partial charge in [-0.05, 0) is 44.5 Å². The van der Waals surface area contributed by atoms with Crippen LogP contribution in [0.3, 0.4) is 0 Å². The van der Waals surface area contributed by atoms with Crippen LogP contribution in [0.15, 0.2) is 97.1 Å². The van der Waals surface area contributed by atoms with Crippen molar-refractivity contribution in [3.63, 3.8) is 0 Å². The molecule has 0 unspecified atom stereocenters. The molecule has 4 aromatic rings. The summed E-state index contributed by atoms with van der Waals surface area (Å²) in [5.74, 6) is 0.108. The van der Waals surface area contributed by atoms with E-state index in [9.17, 15) is 14.4 Å². The number of rotatable bonds is 10. The molecular formula is C39H50ClN3Na2O10. The van der Waals surface area contributed by atoms with Crippen molar-refractivity contribution in [2.75, 3.05) is 46.1 Å². The van der Waals surface area contributed by atoms with E-state index in [0.29, 0.717) is 19.4 Å². The molecule has 0 saturated carbocycles. The molecule has 6 rings (SSSR count). The second-order valence-corrected chi connectivity index (χ2v) is 10.6. The molecule has 6 N–H and O–H groups in total. The molecule has 0 aromatic heterocycles. The molecule has 0 aliphatic heterocycles. The summed E-state index contributed by atoms with van der Waals surface area (Å²) in [4.78, 5) is 44.5. The van der Waals surface area contributed by atoms with Crippen molar-refractivity contribution in [2.24, 2.45) is 5.73 Å². The first kappa shape index (κ1) is 56.0. The Hall–Kier alpha value is -3.31. The maximum Gasteiger partial charge on any atom is 1.00 e. The van der Waals surface area contributed by atoms with E-state index in [1.807, 2.05) is 48.5 Å². The molecule has 0 saturated heterocycles. The number of aliphatic hydroxyl groups excluding tert-OH is 2. The van der Waals surface area contributed by atoms with Gasteiger partial charge in [0.15, 0.2) is 0 Å². The fraction of sp³-hybridized carbons (Fsp3) is 0.282. The van der Waals surface area contributed by atoms with Gasteiger partial charge in [0, 0.05) is 24.9 Å². The minimum atomic E-state index is -0.566. The van der Waals surface area contributed by atoms with Crippen LogP contribution in [-0.2, 0) is 24.0 Å². The second-order valence-electron chi connectivity index (χ2n) is 10.6. The minimum absolute atomic E-state index is 0. The van der Waals surface area contributed by atoms with Crippen LogP contribution in [0.2, 0.25) is 0 Å². The number of aliphatic hydroxyl groups is 2. The van der Waals surface area contributed by atoms with Gasteiger partial charge in [-0.2, -0.15) is 0 Å². The molecule has 0 heterocycles. The van der Waals surface area contributed by atoms with E-state index in [2.05, 4.69) is 64.1 Å². The number of fused-ring (bicyclic) bond motifs is 6. The molecular weight excluding hydrogens is 752 g/mol. The van der Waals surface area contributed by atoms with Gasteiger partial charge >= 0.3 is 71.3 Å². The van der Waals surface area contributed by atoms with Gasteiger partial charge < -0.3 is 52.4 Å². The zero-order valence-electron chi connectivity index (χ0n) is 30.6. The third-order valence-electron chi connectivity index (χ3n) is 7.57. The van der Waals surface area contributed by atoms with Gasteiger partial charge in [0.2, 0.25) is 0 Å². The summed E-state index contributed by atoms with van der Waals surface area (Å²) < 4.78 is 10.5. The quantitative estimate of drug-likeness (QED) is 0.0536. The number of nitrogens with one attached hydrogen (secondary N) is 2. The Labute approximate surface area is 374 Å². The van der Waals surface area contributed by atoms with E-state index in [4.69, 9.17) is 35.5 Å². The summed E-state index contributed by atoms with van der Waals surface area (Å²) in [6, 6.07) is 32.7. The summed E-state index contributed by atoms with van der Waals surface area (Å²) in [5.41, 5.74) is 14.3. The molecule has 0 atom stereocenters. The predicted octanol–water partition coefficient (Wildman–Crippen LogP) is -1.57. The molecule has 290 valence electrons. The number of amides is 2. The van der Waals surface area contributed by atoms with Crippen molar-refractivity contribution in [3.8, 4) is 22.3 Å². The van der Waals surface area contributed by atoms with Crippen LogP contribution in [-0.4, -0.2) is 81.2 Å². The zero-order chi connectivity index (χ0) is 36.1.